The minimum absolute atomic E-state index is 0.00676. The van der Waals surface area contributed by atoms with E-state index in [9.17, 15) is 27.9 Å². The predicted octanol–water partition coefficient (Wildman–Crippen LogP) is 8.86. The summed E-state index contributed by atoms with van der Waals surface area (Å²) >= 11 is 19.2. The van der Waals surface area contributed by atoms with E-state index in [2.05, 4.69) is 23.7 Å². The number of aliphatic hydroxyl groups is 1. The zero-order valence-corrected chi connectivity index (χ0v) is 37.7. The molecule has 12 nitrogen and oxygen atoms in total. The molecule has 6 aromatic rings. The molecule has 62 heavy (non-hydrogen) atoms. The van der Waals surface area contributed by atoms with Crippen molar-refractivity contribution in [1.29, 1.82) is 0 Å². The summed E-state index contributed by atoms with van der Waals surface area (Å²) in [5.41, 5.74) is 4.07. The molecule has 0 spiro atoms. The number of carbonyl (C=O) groups is 3. The summed E-state index contributed by atoms with van der Waals surface area (Å²) in [6, 6.07) is 22.9. The number of nitrogens with zero attached hydrogens (tertiary/aromatic N) is 5. The maximum absolute atomic E-state index is 14.8. The number of sulfonamides is 1. The Kier molecular flexibility index (Phi) is 13.8. The van der Waals surface area contributed by atoms with Gasteiger partial charge in [0.05, 0.1) is 49.6 Å². The van der Waals surface area contributed by atoms with E-state index in [4.69, 9.17) is 34.8 Å². The molecule has 1 atom stereocenters. The Hall–Kier alpha value is -5.18. The number of fused-ring (bicyclic) bond motifs is 2. The van der Waals surface area contributed by atoms with Gasteiger partial charge in [-0.1, -0.05) is 91.8 Å². The van der Waals surface area contributed by atoms with Crippen LogP contribution in [0.25, 0.3) is 16.6 Å². The number of unbranched alkanes of at least 4 members (excludes halogenated alkanes) is 2. The molecule has 2 aromatic heterocycles. The molecule has 1 aliphatic heterocycles. The monoisotopic (exact) mass is 916 g/mol. The van der Waals surface area contributed by atoms with E-state index >= 15 is 0 Å². The van der Waals surface area contributed by atoms with Crippen LogP contribution in [0.15, 0.2) is 96.0 Å². The van der Waals surface area contributed by atoms with Gasteiger partial charge in [0.25, 0.3) is 27.7 Å². The van der Waals surface area contributed by atoms with E-state index < -0.39 is 27.9 Å². The lowest BCUT2D eigenvalue weighted by Crippen LogP contribution is -2.46. The van der Waals surface area contributed by atoms with E-state index in [1.54, 1.807) is 36.1 Å². The molecule has 0 aliphatic carbocycles. The van der Waals surface area contributed by atoms with Crippen molar-refractivity contribution in [3.63, 3.8) is 0 Å². The predicted molar refractivity (Wildman–Crippen MR) is 242 cm³/mol. The zero-order chi connectivity index (χ0) is 44.3. The number of carbonyl (C=O) groups excluding carboxylic acids is 3. The highest BCUT2D eigenvalue weighted by Gasteiger charge is 2.33. The fourth-order valence-electron chi connectivity index (χ4n) is 7.75. The van der Waals surface area contributed by atoms with E-state index in [1.807, 2.05) is 41.1 Å². The largest absolute Gasteiger partial charge is 0.394 e. The first-order valence-electron chi connectivity index (χ1n) is 20.5. The Labute approximate surface area is 376 Å². The molecular weight excluding hydrogens is 871 g/mol. The van der Waals surface area contributed by atoms with Gasteiger partial charge in [-0.3, -0.25) is 14.4 Å². The van der Waals surface area contributed by atoms with Crippen LogP contribution in [-0.2, 0) is 29.5 Å². The van der Waals surface area contributed by atoms with Gasteiger partial charge in [-0.15, -0.1) is 0 Å². The molecule has 0 radical (unpaired) electrons. The van der Waals surface area contributed by atoms with Crippen LogP contribution in [0.2, 0.25) is 15.1 Å². The molecule has 16 heteroatoms. The van der Waals surface area contributed by atoms with Crippen LogP contribution in [0.5, 0.6) is 0 Å². The maximum atomic E-state index is 14.8. The van der Waals surface area contributed by atoms with Crippen LogP contribution in [0.4, 0.5) is 0 Å². The number of aromatic nitrogens is 3. The molecule has 0 fully saturated rings. The number of nitrogens with one attached hydrogen (secondary N) is 1. The van der Waals surface area contributed by atoms with Crippen molar-refractivity contribution in [2.24, 2.45) is 0 Å². The molecule has 3 heterocycles. The van der Waals surface area contributed by atoms with Gasteiger partial charge in [0.15, 0.2) is 5.69 Å². The average molecular weight is 918 g/mol. The van der Waals surface area contributed by atoms with Gasteiger partial charge >= 0.3 is 0 Å². The van der Waals surface area contributed by atoms with E-state index in [1.165, 1.54) is 39.9 Å². The fraction of sp³-hybridized carbons (Fsp3) is 0.304. The number of hydrogen-bond acceptors (Lipinski definition) is 7. The number of benzene rings is 4. The minimum atomic E-state index is -4.41. The number of amides is 3. The lowest BCUT2D eigenvalue weighted by Gasteiger charge is -2.36. The van der Waals surface area contributed by atoms with Crippen molar-refractivity contribution >= 4 is 73.5 Å². The van der Waals surface area contributed by atoms with E-state index in [0.29, 0.717) is 47.2 Å². The second-order valence-corrected chi connectivity index (χ2v) is 18.4. The van der Waals surface area contributed by atoms with Crippen LogP contribution in [-0.4, -0.2) is 81.1 Å². The first kappa shape index (κ1) is 44.9. The SMILES string of the molecule is CCCCN(CCCC)C(=O)c1nn(-c2ccc(C(=O)NS(=O)(=O)c3ccc4c(ccn4Cc4ccc(Cl)c(Cl)c4)c3)cc2C(=O)N2Cc3ccccc3C[C@H]2CO)c(C)c1Cl. The molecular formula is C46H47Cl3N6O6S. The summed E-state index contributed by atoms with van der Waals surface area (Å²) in [4.78, 5) is 45.8. The first-order chi connectivity index (χ1) is 29.7. The highest BCUT2D eigenvalue weighted by molar-refractivity contribution is 7.90. The van der Waals surface area contributed by atoms with Gasteiger partial charge in [0.1, 0.15) is 0 Å². The van der Waals surface area contributed by atoms with E-state index in [-0.39, 0.29) is 51.5 Å². The number of halogens is 3. The van der Waals surface area contributed by atoms with Crippen LogP contribution in [0.1, 0.15) is 93.1 Å². The smallest absolute Gasteiger partial charge is 0.275 e. The maximum Gasteiger partial charge on any atom is 0.275 e. The fourth-order valence-corrected chi connectivity index (χ4v) is 9.28. The molecule has 4 aromatic carbocycles. The van der Waals surface area contributed by atoms with Gasteiger partial charge in [-0.05, 0) is 97.5 Å². The topological polar surface area (TPSA) is 147 Å². The number of rotatable bonds is 15. The minimum Gasteiger partial charge on any atom is -0.394 e. The van der Waals surface area contributed by atoms with Gasteiger partial charge in [-0.25, -0.2) is 17.8 Å². The van der Waals surface area contributed by atoms with Crippen molar-refractivity contribution in [3.8, 4) is 5.69 Å². The highest BCUT2D eigenvalue weighted by atomic mass is 35.5. The van der Waals surface area contributed by atoms with Crippen molar-refractivity contribution in [3.05, 3.63) is 145 Å². The van der Waals surface area contributed by atoms with Gasteiger partial charge < -0.3 is 19.5 Å². The third kappa shape index (κ3) is 9.28. The molecule has 0 bridgehead atoms. The molecule has 3 amide bonds. The third-order valence-electron chi connectivity index (χ3n) is 11.3. The molecule has 1 aliphatic rings. The summed E-state index contributed by atoms with van der Waals surface area (Å²) in [6.45, 7) is 7.16. The molecule has 0 saturated carbocycles. The molecule has 0 saturated heterocycles. The van der Waals surface area contributed by atoms with Crippen LogP contribution >= 0.6 is 34.8 Å². The second kappa shape index (κ2) is 19.1. The van der Waals surface area contributed by atoms with Crippen molar-refractivity contribution in [1.82, 2.24) is 28.9 Å². The van der Waals surface area contributed by atoms with Crippen LogP contribution in [0.3, 0.4) is 0 Å². The van der Waals surface area contributed by atoms with E-state index in [0.717, 1.165) is 47.9 Å². The Bertz CT molecular complexity index is 2780. The number of aliphatic hydroxyl groups excluding tert-OH is 1. The van der Waals surface area contributed by atoms with Crippen molar-refractivity contribution < 1.29 is 27.9 Å². The lowest BCUT2D eigenvalue weighted by atomic mass is 9.93. The van der Waals surface area contributed by atoms with Gasteiger partial charge in [-0.2, -0.15) is 5.10 Å². The molecule has 0 unspecified atom stereocenters. The Morgan fingerprint density at radius 2 is 1.61 bits per heavy atom. The molecule has 7 rings (SSSR count). The summed E-state index contributed by atoms with van der Waals surface area (Å²) in [5, 5.41) is 16.8. The second-order valence-electron chi connectivity index (χ2n) is 15.5. The Morgan fingerprint density at radius 3 is 2.31 bits per heavy atom. The zero-order valence-electron chi connectivity index (χ0n) is 34.6. The summed E-state index contributed by atoms with van der Waals surface area (Å²) in [5.74, 6) is -1.84. The van der Waals surface area contributed by atoms with Crippen LogP contribution in [0, 0.1) is 6.92 Å². The summed E-state index contributed by atoms with van der Waals surface area (Å²) < 4.78 is 33.1. The van der Waals surface area contributed by atoms with Gasteiger partial charge in [0, 0.05) is 48.8 Å². The number of hydrogen-bond donors (Lipinski definition) is 2. The third-order valence-corrected chi connectivity index (χ3v) is 13.8. The standard InChI is InChI=1S/C46H47Cl3N6O6S/c1-4-6-19-52(20-7-5-2)46(59)43-42(49)29(3)55(50-43)41-16-13-33(25-37(41)45(58)54-27-34-11-9-8-10-31(34)23-35(54)28-56)44(57)51-62(60,61)36-14-17-40-32(24-36)18-21-53(40)26-30-12-15-38(47)39(48)22-30/h8-18,21-22,24-25,35,56H,4-7,19-20,23,26-28H2,1-3H3,(H,51,57)/t35-/m0/s1. The summed E-state index contributed by atoms with van der Waals surface area (Å²) in [6.07, 6.45) is 5.62. The average Bonchev–Trinajstić information content (AvgIpc) is 3.81. The highest BCUT2D eigenvalue weighted by Crippen LogP contribution is 2.31. The first-order valence-corrected chi connectivity index (χ1v) is 23.1. The Balaban J connectivity index is 1.23. The normalized spacial score (nSPS) is 13.9. The summed E-state index contributed by atoms with van der Waals surface area (Å²) in [7, 11) is -4.41. The molecule has 324 valence electrons. The van der Waals surface area contributed by atoms with Gasteiger partial charge in [0.2, 0.25) is 0 Å². The van der Waals surface area contributed by atoms with Crippen molar-refractivity contribution in [2.75, 3.05) is 19.7 Å². The Morgan fingerprint density at radius 1 is 0.887 bits per heavy atom. The quantitative estimate of drug-likeness (QED) is 0.105. The van der Waals surface area contributed by atoms with Crippen LogP contribution < -0.4 is 4.72 Å². The van der Waals surface area contributed by atoms with Crippen molar-refractivity contribution in [2.45, 2.75) is 76.9 Å². The lowest BCUT2D eigenvalue weighted by molar-refractivity contribution is 0.0544. The molecule has 2 N–H and O–H groups in total.